The average molecular weight is 354 g/mol. The zero-order valence-corrected chi connectivity index (χ0v) is 14.7. The van der Waals surface area contributed by atoms with Crippen LogP contribution in [0.15, 0.2) is 22.7 Å². The summed E-state index contributed by atoms with van der Waals surface area (Å²) in [5.41, 5.74) is 1.16. The molecule has 0 amide bonds. The summed E-state index contributed by atoms with van der Waals surface area (Å²) in [6, 6.07) is 5.53. The lowest BCUT2D eigenvalue weighted by atomic mass is 9.82. The second-order valence-corrected chi connectivity index (χ2v) is 6.79. The van der Waals surface area contributed by atoms with Crippen LogP contribution in [0, 0.1) is 5.41 Å². The number of likely N-dealkylation sites (tertiary alicyclic amines) is 1. The molecule has 0 bridgehead atoms. The van der Waals surface area contributed by atoms with Crippen molar-refractivity contribution < 1.29 is 9.53 Å². The van der Waals surface area contributed by atoms with Gasteiger partial charge in [0.15, 0.2) is 5.78 Å². The predicted octanol–water partition coefficient (Wildman–Crippen LogP) is 4.15. The van der Waals surface area contributed by atoms with Crippen LogP contribution >= 0.6 is 15.9 Å². The van der Waals surface area contributed by atoms with Gasteiger partial charge < -0.3 is 4.74 Å². The van der Waals surface area contributed by atoms with Crippen LogP contribution in [0.25, 0.3) is 0 Å². The molecule has 21 heavy (non-hydrogen) atoms. The maximum absolute atomic E-state index is 12.4. The van der Waals surface area contributed by atoms with Crippen molar-refractivity contribution >= 4 is 21.7 Å². The summed E-state index contributed by atoms with van der Waals surface area (Å²) in [5.74, 6) is 0.935. The maximum Gasteiger partial charge on any atom is 0.176 e. The van der Waals surface area contributed by atoms with Gasteiger partial charge in [-0.1, -0.05) is 13.8 Å². The molecule has 1 aromatic rings. The Kier molecular flexibility index (Phi) is 5.44. The van der Waals surface area contributed by atoms with Crippen molar-refractivity contribution in [2.24, 2.45) is 5.41 Å². The largest absolute Gasteiger partial charge is 0.496 e. The third-order valence-electron chi connectivity index (χ3n) is 4.86. The fourth-order valence-corrected chi connectivity index (χ4v) is 3.66. The van der Waals surface area contributed by atoms with Crippen LogP contribution in [-0.4, -0.2) is 37.4 Å². The van der Waals surface area contributed by atoms with Crippen molar-refractivity contribution in [2.45, 2.75) is 33.1 Å². The van der Waals surface area contributed by atoms with E-state index < -0.39 is 0 Å². The molecule has 1 aliphatic rings. The highest BCUT2D eigenvalue weighted by molar-refractivity contribution is 9.10. The number of hydrogen-bond acceptors (Lipinski definition) is 3. The first-order chi connectivity index (χ1) is 10.0. The molecule has 0 spiro atoms. The summed E-state index contributed by atoms with van der Waals surface area (Å²) >= 11 is 3.44. The van der Waals surface area contributed by atoms with Gasteiger partial charge in [0.05, 0.1) is 18.1 Å². The summed E-state index contributed by atoms with van der Waals surface area (Å²) in [5, 5.41) is 0. The van der Waals surface area contributed by atoms with E-state index in [2.05, 4.69) is 34.7 Å². The van der Waals surface area contributed by atoms with Gasteiger partial charge in [0.1, 0.15) is 5.75 Å². The van der Waals surface area contributed by atoms with Crippen LogP contribution in [0.2, 0.25) is 0 Å². The van der Waals surface area contributed by atoms with Crippen LogP contribution in [0.1, 0.15) is 43.5 Å². The van der Waals surface area contributed by atoms with E-state index in [0.717, 1.165) is 28.9 Å². The van der Waals surface area contributed by atoms with Crippen molar-refractivity contribution in [3.8, 4) is 5.75 Å². The van der Waals surface area contributed by atoms with E-state index in [9.17, 15) is 4.79 Å². The molecule has 0 radical (unpaired) electrons. The third kappa shape index (κ3) is 3.67. The molecule has 1 heterocycles. The van der Waals surface area contributed by atoms with Crippen molar-refractivity contribution in [3.05, 3.63) is 28.2 Å². The van der Waals surface area contributed by atoms with Crippen LogP contribution < -0.4 is 4.74 Å². The Morgan fingerprint density at radius 2 is 2.10 bits per heavy atom. The van der Waals surface area contributed by atoms with Gasteiger partial charge in [-0.25, -0.2) is 0 Å². The molecule has 0 aromatic heterocycles. The molecule has 0 unspecified atom stereocenters. The number of methoxy groups -OCH3 is 1. The standard InChI is InChI=1S/C17H24BrNO2/c1-4-17(5-2)8-9-19(12-17)11-15(20)13-6-7-16(21-3)14(18)10-13/h6-7,10H,4-5,8-9,11-12H2,1-3H3. The van der Waals surface area contributed by atoms with Crippen molar-refractivity contribution in [1.82, 2.24) is 4.90 Å². The van der Waals surface area contributed by atoms with Gasteiger partial charge in [0, 0.05) is 12.1 Å². The molecule has 1 fully saturated rings. The van der Waals surface area contributed by atoms with E-state index in [4.69, 9.17) is 4.74 Å². The normalized spacial score (nSPS) is 17.9. The third-order valence-corrected chi connectivity index (χ3v) is 5.48. The monoisotopic (exact) mass is 353 g/mol. The number of ether oxygens (including phenoxy) is 1. The van der Waals surface area contributed by atoms with Crippen LogP contribution in [-0.2, 0) is 0 Å². The lowest BCUT2D eigenvalue weighted by Gasteiger charge is -2.26. The second kappa shape index (κ2) is 6.93. The minimum Gasteiger partial charge on any atom is -0.496 e. The lowest BCUT2D eigenvalue weighted by Crippen LogP contribution is -2.30. The van der Waals surface area contributed by atoms with Crippen molar-refractivity contribution in [2.75, 3.05) is 26.7 Å². The molecular weight excluding hydrogens is 330 g/mol. The van der Waals surface area contributed by atoms with E-state index >= 15 is 0 Å². The van der Waals surface area contributed by atoms with Gasteiger partial charge in [-0.3, -0.25) is 9.69 Å². The van der Waals surface area contributed by atoms with E-state index in [-0.39, 0.29) is 5.78 Å². The zero-order chi connectivity index (χ0) is 15.5. The predicted molar refractivity (Wildman–Crippen MR) is 89.1 cm³/mol. The first kappa shape index (κ1) is 16.5. The molecule has 1 aromatic carbocycles. The van der Waals surface area contributed by atoms with Crippen molar-refractivity contribution in [3.63, 3.8) is 0 Å². The molecule has 1 aliphatic heterocycles. The van der Waals surface area contributed by atoms with Gasteiger partial charge in [-0.05, 0) is 65.4 Å². The highest BCUT2D eigenvalue weighted by atomic mass is 79.9. The molecule has 3 nitrogen and oxygen atoms in total. The molecule has 4 heteroatoms. The summed E-state index contributed by atoms with van der Waals surface area (Å²) < 4.78 is 6.03. The minimum absolute atomic E-state index is 0.182. The first-order valence-corrected chi connectivity index (χ1v) is 8.42. The SMILES string of the molecule is CCC1(CC)CCN(CC(=O)c2ccc(OC)c(Br)c2)C1. The van der Waals surface area contributed by atoms with Crippen LogP contribution in [0.5, 0.6) is 5.75 Å². The molecule has 1 saturated heterocycles. The number of hydrogen-bond donors (Lipinski definition) is 0. The molecule has 2 rings (SSSR count). The van der Waals surface area contributed by atoms with E-state index in [1.165, 1.54) is 19.3 Å². The number of nitrogens with zero attached hydrogens (tertiary/aromatic N) is 1. The fraction of sp³-hybridized carbons (Fsp3) is 0.588. The number of rotatable bonds is 6. The van der Waals surface area contributed by atoms with Gasteiger partial charge in [-0.15, -0.1) is 0 Å². The molecule has 116 valence electrons. The number of carbonyl (C=O) groups is 1. The molecular formula is C17H24BrNO2. The van der Waals surface area contributed by atoms with Gasteiger partial charge in [0.2, 0.25) is 0 Å². The van der Waals surface area contributed by atoms with Gasteiger partial charge in [-0.2, -0.15) is 0 Å². The highest BCUT2D eigenvalue weighted by Crippen LogP contribution is 2.37. The number of ketones is 1. The first-order valence-electron chi connectivity index (χ1n) is 7.62. The van der Waals surface area contributed by atoms with E-state index in [1.54, 1.807) is 7.11 Å². The molecule has 0 aliphatic carbocycles. The molecule has 0 N–H and O–H groups in total. The summed E-state index contributed by atoms with van der Waals surface area (Å²) in [6.45, 7) is 7.11. The summed E-state index contributed by atoms with van der Waals surface area (Å²) in [6.07, 6.45) is 3.60. The maximum atomic E-state index is 12.4. The Labute approximate surface area is 135 Å². The number of halogens is 1. The van der Waals surface area contributed by atoms with Gasteiger partial charge in [0.25, 0.3) is 0 Å². The Balaban J connectivity index is 2.01. The summed E-state index contributed by atoms with van der Waals surface area (Å²) in [7, 11) is 1.63. The molecule has 0 saturated carbocycles. The minimum atomic E-state index is 0.182. The van der Waals surface area contributed by atoms with Crippen LogP contribution in [0.4, 0.5) is 0 Å². The van der Waals surface area contributed by atoms with E-state index in [0.29, 0.717) is 12.0 Å². The quantitative estimate of drug-likeness (QED) is 0.719. The van der Waals surface area contributed by atoms with Crippen molar-refractivity contribution in [1.29, 1.82) is 0 Å². The van der Waals surface area contributed by atoms with Gasteiger partial charge >= 0.3 is 0 Å². The Hall–Kier alpha value is -0.870. The lowest BCUT2D eigenvalue weighted by molar-refractivity contribution is 0.0936. The molecule has 0 atom stereocenters. The van der Waals surface area contributed by atoms with Crippen LogP contribution in [0.3, 0.4) is 0 Å². The van der Waals surface area contributed by atoms with E-state index in [1.807, 2.05) is 18.2 Å². The Morgan fingerprint density at radius 1 is 1.38 bits per heavy atom. The number of Topliss-reactive ketones (excluding diaryl/α,β-unsaturated/α-hetero) is 1. The fourth-order valence-electron chi connectivity index (χ4n) is 3.12. The zero-order valence-electron chi connectivity index (χ0n) is 13.1. The summed E-state index contributed by atoms with van der Waals surface area (Å²) in [4.78, 5) is 14.7. The Bertz CT molecular complexity index is 512. The Morgan fingerprint density at radius 3 is 2.62 bits per heavy atom. The highest BCUT2D eigenvalue weighted by Gasteiger charge is 2.35. The number of carbonyl (C=O) groups excluding carboxylic acids is 1. The average Bonchev–Trinajstić information content (AvgIpc) is 2.91. The smallest absolute Gasteiger partial charge is 0.176 e. The number of benzene rings is 1. The topological polar surface area (TPSA) is 29.5 Å². The second-order valence-electron chi connectivity index (χ2n) is 5.94.